The maximum absolute atomic E-state index is 12.5. The van der Waals surface area contributed by atoms with Crippen molar-refractivity contribution in [3.8, 4) is 0 Å². The summed E-state index contributed by atoms with van der Waals surface area (Å²) in [5.74, 6) is 0.632. The van der Waals surface area contributed by atoms with Gasteiger partial charge in [0.15, 0.2) is 0 Å². The summed E-state index contributed by atoms with van der Waals surface area (Å²) in [5, 5.41) is 11.3. The van der Waals surface area contributed by atoms with E-state index in [0.29, 0.717) is 12.3 Å². The fourth-order valence-electron chi connectivity index (χ4n) is 3.14. The van der Waals surface area contributed by atoms with Crippen molar-refractivity contribution in [1.82, 2.24) is 24.9 Å². The molecule has 1 amide bonds. The molecule has 1 aliphatic heterocycles. The van der Waals surface area contributed by atoms with Gasteiger partial charge in [0.2, 0.25) is 5.91 Å². The van der Waals surface area contributed by atoms with E-state index in [1.807, 2.05) is 35.8 Å². The molecular weight excluding hydrogens is 278 g/mol. The Balaban J connectivity index is 1.56. The molecule has 1 aliphatic rings. The molecule has 3 rings (SSSR count). The molecule has 0 aromatic carbocycles. The van der Waals surface area contributed by atoms with Crippen molar-refractivity contribution in [2.24, 2.45) is 7.05 Å². The van der Waals surface area contributed by atoms with Gasteiger partial charge < -0.3 is 4.90 Å². The van der Waals surface area contributed by atoms with Gasteiger partial charge in [-0.05, 0) is 37.8 Å². The molecule has 6 nitrogen and oxygen atoms in total. The largest absolute Gasteiger partial charge is 0.342 e. The van der Waals surface area contributed by atoms with Crippen molar-refractivity contribution in [3.05, 3.63) is 35.4 Å². The van der Waals surface area contributed by atoms with Gasteiger partial charge in [0, 0.05) is 50.1 Å². The molecule has 3 heterocycles. The number of nitrogens with one attached hydrogen (secondary N) is 1. The van der Waals surface area contributed by atoms with E-state index >= 15 is 0 Å². The van der Waals surface area contributed by atoms with Crippen LogP contribution in [0.1, 0.15) is 42.1 Å². The molecule has 0 radical (unpaired) electrons. The maximum Gasteiger partial charge on any atom is 0.222 e. The van der Waals surface area contributed by atoms with Gasteiger partial charge in [-0.3, -0.25) is 14.6 Å². The predicted octanol–water partition coefficient (Wildman–Crippen LogP) is 1.79. The van der Waals surface area contributed by atoms with Crippen LogP contribution in [0.3, 0.4) is 0 Å². The maximum atomic E-state index is 12.5. The topological polar surface area (TPSA) is 66.8 Å². The molecule has 0 bridgehead atoms. The van der Waals surface area contributed by atoms with Crippen LogP contribution in [0.5, 0.6) is 0 Å². The normalized spacial score (nSPS) is 18.6. The number of likely N-dealkylation sites (tertiary alicyclic amines) is 1. The third kappa shape index (κ3) is 3.05. The summed E-state index contributed by atoms with van der Waals surface area (Å²) in [6.45, 7) is 3.71. The quantitative estimate of drug-likeness (QED) is 0.936. The Hall–Kier alpha value is -2.11. The van der Waals surface area contributed by atoms with Crippen LogP contribution in [0, 0.1) is 6.92 Å². The predicted molar refractivity (Wildman–Crippen MR) is 83.4 cm³/mol. The Labute approximate surface area is 130 Å². The van der Waals surface area contributed by atoms with Crippen LogP contribution in [-0.4, -0.2) is 43.9 Å². The number of H-pyrrole nitrogens is 1. The van der Waals surface area contributed by atoms with Gasteiger partial charge in [-0.25, -0.2) is 0 Å². The molecule has 1 N–H and O–H groups in total. The second kappa shape index (κ2) is 6.34. The Morgan fingerprint density at radius 3 is 3.05 bits per heavy atom. The number of carbonyl (C=O) groups is 1. The van der Waals surface area contributed by atoms with Gasteiger partial charge in [0.25, 0.3) is 0 Å². The van der Waals surface area contributed by atoms with E-state index in [9.17, 15) is 4.79 Å². The lowest BCUT2D eigenvalue weighted by molar-refractivity contribution is -0.132. The van der Waals surface area contributed by atoms with Gasteiger partial charge in [-0.1, -0.05) is 0 Å². The van der Waals surface area contributed by atoms with E-state index in [-0.39, 0.29) is 5.91 Å². The number of hydrogen-bond acceptors (Lipinski definition) is 3. The molecule has 0 saturated carbocycles. The molecule has 1 saturated heterocycles. The van der Waals surface area contributed by atoms with Crippen molar-refractivity contribution in [3.63, 3.8) is 0 Å². The fourth-order valence-corrected chi connectivity index (χ4v) is 3.14. The molecule has 1 atom stereocenters. The smallest absolute Gasteiger partial charge is 0.222 e. The van der Waals surface area contributed by atoms with Crippen LogP contribution in [0.25, 0.3) is 0 Å². The average Bonchev–Trinajstić information content (AvgIpc) is 3.17. The monoisotopic (exact) mass is 301 g/mol. The Bertz CT molecular complexity index is 631. The van der Waals surface area contributed by atoms with Crippen molar-refractivity contribution in [2.75, 3.05) is 13.1 Å². The van der Waals surface area contributed by atoms with Gasteiger partial charge >= 0.3 is 0 Å². The number of aromatic nitrogens is 4. The molecule has 1 fully saturated rings. The summed E-state index contributed by atoms with van der Waals surface area (Å²) in [6.07, 6.45) is 7.15. The molecule has 2 aromatic heterocycles. The standard InChI is InChI=1S/C16H23N5O/c1-12-13(10-18-20(12)2)5-6-16(22)21-9-3-4-14(11-21)15-7-8-17-19-15/h7-8,10,14H,3-6,9,11H2,1-2H3,(H,17,19)/t14-/m1/s1. The Kier molecular flexibility index (Phi) is 4.27. The highest BCUT2D eigenvalue weighted by Crippen LogP contribution is 2.25. The van der Waals surface area contributed by atoms with E-state index in [4.69, 9.17) is 0 Å². The third-order valence-corrected chi connectivity index (χ3v) is 4.68. The zero-order valence-electron chi connectivity index (χ0n) is 13.2. The summed E-state index contributed by atoms with van der Waals surface area (Å²) >= 11 is 0. The minimum absolute atomic E-state index is 0.243. The number of piperidine rings is 1. The number of rotatable bonds is 4. The lowest BCUT2D eigenvalue weighted by Crippen LogP contribution is -2.39. The lowest BCUT2D eigenvalue weighted by atomic mass is 9.94. The average molecular weight is 301 g/mol. The molecule has 22 heavy (non-hydrogen) atoms. The third-order valence-electron chi connectivity index (χ3n) is 4.68. The zero-order chi connectivity index (χ0) is 15.5. The van der Waals surface area contributed by atoms with E-state index in [1.165, 1.54) is 0 Å². The van der Waals surface area contributed by atoms with Crippen LogP contribution in [-0.2, 0) is 18.3 Å². The number of nitrogens with zero attached hydrogens (tertiary/aromatic N) is 4. The molecule has 0 aliphatic carbocycles. The highest BCUT2D eigenvalue weighted by molar-refractivity contribution is 5.76. The first-order chi connectivity index (χ1) is 10.6. The molecule has 0 spiro atoms. The van der Waals surface area contributed by atoms with Gasteiger partial charge in [0.05, 0.1) is 6.20 Å². The number of aryl methyl sites for hydroxylation is 2. The zero-order valence-corrected chi connectivity index (χ0v) is 13.2. The SMILES string of the molecule is Cc1c(CCC(=O)N2CCC[C@@H](c3ccn[nH]3)C2)cnn1C. The van der Waals surface area contributed by atoms with E-state index in [2.05, 4.69) is 15.3 Å². The van der Waals surface area contributed by atoms with Crippen molar-refractivity contribution < 1.29 is 4.79 Å². The molecule has 0 unspecified atom stereocenters. The number of hydrogen-bond donors (Lipinski definition) is 1. The van der Waals surface area contributed by atoms with E-state index in [1.54, 1.807) is 6.20 Å². The van der Waals surface area contributed by atoms with Crippen molar-refractivity contribution in [1.29, 1.82) is 0 Å². The number of aromatic amines is 1. The first-order valence-electron chi connectivity index (χ1n) is 7.89. The highest BCUT2D eigenvalue weighted by Gasteiger charge is 2.25. The first kappa shape index (κ1) is 14.8. The fraction of sp³-hybridized carbons (Fsp3) is 0.562. The van der Waals surface area contributed by atoms with Gasteiger partial charge in [0.1, 0.15) is 0 Å². The van der Waals surface area contributed by atoms with Crippen LogP contribution in [0.4, 0.5) is 0 Å². The first-order valence-corrected chi connectivity index (χ1v) is 7.89. The second-order valence-corrected chi connectivity index (χ2v) is 6.07. The van der Waals surface area contributed by atoms with Crippen molar-refractivity contribution in [2.45, 2.75) is 38.5 Å². The second-order valence-electron chi connectivity index (χ2n) is 6.07. The molecule has 6 heteroatoms. The number of carbonyl (C=O) groups excluding carboxylic acids is 1. The lowest BCUT2D eigenvalue weighted by Gasteiger charge is -2.32. The number of amides is 1. The van der Waals surface area contributed by atoms with Gasteiger partial charge in [-0.2, -0.15) is 10.2 Å². The van der Waals surface area contributed by atoms with Crippen molar-refractivity contribution >= 4 is 5.91 Å². The van der Waals surface area contributed by atoms with Crippen LogP contribution in [0.2, 0.25) is 0 Å². The van der Waals surface area contributed by atoms with Crippen LogP contribution in [0.15, 0.2) is 18.5 Å². The summed E-state index contributed by atoms with van der Waals surface area (Å²) in [6, 6.07) is 2.01. The minimum atomic E-state index is 0.243. The van der Waals surface area contributed by atoms with E-state index in [0.717, 1.165) is 49.3 Å². The Morgan fingerprint density at radius 1 is 1.50 bits per heavy atom. The Morgan fingerprint density at radius 2 is 2.36 bits per heavy atom. The molecule has 2 aromatic rings. The van der Waals surface area contributed by atoms with Crippen LogP contribution >= 0.6 is 0 Å². The van der Waals surface area contributed by atoms with E-state index < -0.39 is 0 Å². The summed E-state index contributed by atoms with van der Waals surface area (Å²) in [7, 11) is 1.93. The molecule has 118 valence electrons. The van der Waals surface area contributed by atoms with Crippen LogP contribution < -0.4 is 0 Å². The summed E-state index contributed by atoms with van der Waals surface area (Å²) in [4.78, 5) is 14.5. The minimum Gasteiger partial charge on any atom is -0.342 e. The summed E-state index contributed by atoms with van der Waals surface area (Å²) in [5.41, 5.74) is 3.44. The summed E-state index contributed by atoms with van der Waals surface area (Å²) < 4.78 is 1.86. The molecular formula is C16H23N5O. The van der Waals surface area contributed by atoms with Gasteiger partial charge in [-0.15, -0.1) is 0 Å². The highest BCUT2D eigenvalue weighted by atomic mass is 16.2.